The van der Waals surface area contributed by atoms with Gasteiger partial charge < -0.3 is 20.1 Å². The molecule has 1 aromatic heterocycles. The number of rotatable bonds is 6. The van der Waals surface area contributed by atoms with E-state index < -0.39 is 0 Å². The molecule has 2 aromatic rings. The molecule has 1 aromatic carbocycles. The number of nitrogens with one attached hydrogen (secondary N) is 2. The summed E-state index contributed by atoms with van der Waals surface area (Å²) in [6, 6.07) is 9.51. The van der Waals surface area contributed by atoms with E-state index in [1.54, 1.807) is 6.20 Å². The van der Waals surface area contributed by atoms with E-state index in [9.17, 15) is 9.59 Å². The minimum absolute atomic E-state index is 0. The Morgan fingerprint density at radius 2 is 2.07 bits per heavy atom. The summed E-state index contributed by atoms with van der Waals surface area (Å²) in [6.07, 6.45) is 4.26. The lowest BCUT2D eigenvalue weighted by molar-refractivity contribution is -0.134. The van der Waals surface area contributed by atoms with Crippen LogP contribution in [0.25, 0.3) is 0 Å². The fourth-order valence-corrected chi connectivity index (χ4v) is 3.23. The molecule has 3 rings (SSSR count). The summed E-state index contributed by atoms with van der Waals surface area (Å²) < 4.78 is 1.94. The number of carbonyl (C=O) groups excluding carboxylic acids is 2. The molecule has 2 amide bonds. The van der Waals surface area contributed by atoms with E-state index >= 15 is 0 Å². The van der Waals surface area contributed by atoms with Crippen LogP contribution in [0, 0.1) is 0 Å². The maximum Gasteiger partial charge on any atom is 0.225 e. The Kier molecular flexibility index (Phi) is 7.82. The van der Waals surface area contributed by atoms with Gasteiger partial charge in [0, 0.05) is 52.0 Å². The Balaban J connectivity index is 0.00000261. The van der Waals surface area contributed by atoms with E-state index in [0.717, 1.165) is 17.9 Å². The molecule has 0 spiro atoms. The van der Waals surface area contributed by atoms with Gasteiger partial charge in [0.1, 0.15) is 11.9 Å². The summed E-state index contributed by atoms with van der Waals surface area (Å²) >= 11 is 0. The minimum atomic E-state index is -0.0729. The summed E-state index contributed by atoms with van der Waals surface area (Å²) in [5, 5.41) is 6.16. The van der Waals surface area contributed by atoms with Gasteiger partial charge in [-0.1, -0.05) is 30.3 Å². The summed E-state index contributed by atoms with van der Waals surface area (Å²) in [7, 11) is 1.93. The van der Waals surface area contributed by atoms with Crippen LogP contribution >= 0.6 is 12.4 Å². The van der Waals surface area contributed by atoms with Crippen LogP contribution in [0.3, 0.4) is 0 Å². The van der Waals surface area contributed by atoms with Crippen LogP contribution < -0.4 is 10.6 Å². The van der Waals surface area contributed by atoms with Crippen molar-refractivity contribution in [3.63, 3.8) is 0 Å². The Bertz CT molecular complexity index is 750. The Morgan fingerprint density at radius 3 is 2.78 bits per heavy atom. The quantitative estimate of drug-likeness (QED) is 0.771. The van der Waals surface area contributed by atoms with E-state index in [1.165, 1.54) is 0 Å². The third kappa shape index (κ3) is 5.55. The lowest BCUT2D eigenvalue weighted by atomic mass is 10.1. The third-order valence-electron chi connectivity index (χ3n) is 4.59. The zero-order valence-electron chi connectivity index (χ0n) is 15.4. The molecule has 1 unspecified atom stereocenters. The number of benzene rings is 1. The van der Waals surface area contributed by atoms with Gasteiger partial charge in [-0.15, -0.1) is 12.4 Å². The SMILES string of the molecule is Cl.Cn1ccnc1C1CNCCN1C(=O)CCNC(=O)Cc1ccccc1. The Morgan fingerprint density at radius 1 is 1.30 bits per heavy atom. The molecule has 0 radical (unpaired) electrons. The van der Waals surface area contributed by atoms with Crippen LogP contribution in [0.15, 0.2) is 42.7 Å². The highest BCUT2D eigenvalue weighted by atomic mass is 35.5. The smallest absolute Gasteiger partial charge is 0.225 e. The first-order chi connectivity index (χ1) is 12.6. The molecule has 2 N–H and O–H groups in total. The number of piperazine rings is 1. The van der Waals surface area contributed by atoms with E-state index in [-0.39, 0.29) is 30.3 Å². The highest BCUT2D eigenvalue weighted by Gasteiger charge is 2.29. The maximum absolute atomic E-state index is 12.7. The average Bonchev–Trinajstić information content (AvgIpc) is 3.08. The van der Waals surface area contributed by atoms with Crippen molar-refractivity contribution >= 4 is 24.2 Å². The first-order valence-corrected chi connectivity index (χ1v) is 8.93. The lowest BCUT2D eigenvalue weighted by Gasteiger charge is -2.35. The number of halogens is 1. The predicted octanol–water partition coefficient (Wildman–Crippen LogP) is 1.06. The van der Waals surface area contributed by atoms with Crippen LogP contribution in [0.1, 0.15) is 23.9 Å². The molecule has 27 heavy (non-hydrogen) atoms. The number of carbonyl (C=O) groups is 2. The van der Waals surface area contributed by atoms with Gasteiger partial charge in [-0.05, 0) is 5.56 Å². The average molecular weight is 392 g/mol. The van der Waals surface area contributed by atoms with Crippen molar-refractivity contribution in [1.82, 2.24) is 25.1 Å². The van der Waals surface area contributed by atoms with Crippen LogP contribution in [0.4, 0.5) is 0 Å². The van der Waals surface area contributed by atoms with Crippen LogP contribution in [-0.4, -0.2) is 52.4 Å². The maximum atomic E-state index is 12.7. The van der Waals surface area contributed by atoms with Crippen molar-refractivity contribution in [2.45, 2.75) is 18.9 Å². The molecule has 0 saturated carbocycles. The highest BCUT2D eigenvalue weighted by molar-refractivity contribution is 5.85. The molecule has 1 fully saturated rings. The van der Waals surface area contributed by atoms with E-state index in [1.807, 2.05) is 53.0 Å². The molecule has 1 atom stereocenters. The Hall–Kier alpha value is -2.38. The summed E-state index contributed by atoms with van der Waals surface area (Å²) in [4.78, 5) is 30.9. The molecule has 0 bridgehead atoms. The fraction of sp³-hybridized carbons (Fsp3) is 0.421. The van der Waals surface area contributed by atoms with Gasteiger partial charge in [0.15, 0.2) is 0 Å². The van der Waals surface area contributed by atoms with E-state index in [4.69, 9.17) is 0 Å². The second kappa shape index (κ2) is 10.1. The largest absolute Gasteiger partial charge is 0.355 e. The molecule has 146 valence electrons. The topological polar surface area (TPSA) is 79.3 Å². The van der Waals surface area contributed by atoms with Gasteiger partial charge in [-0.3, -0.25) is 9.59 Å². The van der Waals surface area contributed by atoms with Crippen molar-refractivity contribution in [3.05, 3.63) is 54.1 Å². The van der Waals surface area contributed by atoms with Crippen LogP contribution in [0.2, 0.25) is 0 Å². The van der Waals surface area contributed by atoms with Gasteiger partial charge in [-0.25, -0.2) is 4.98 Å². The van der Waals surface area contributed by atoms with Crippen molar-refractivity contribution in [2.24, 2.45) is 7.05 Å². The second-order valence-electron chi connectivity index (χ2n) is 6.47. The van der Waals surface area contributed by atoms with E-state index in [0.29, 0.717) is 32.5 Å². The van der Waals surface area contributed by atoms with Gasteiger partial charge >= 0.3 is 0 Å². The molecule has 7 nitrogen and oxygen atoms in total. The summed E-state index contributed by atoms with van der Waals surface area (Å²) in [5.74, 6) is 0.850. The first-order valence-electron chi connectivity index (χ1n) is 8.93. The normalized spacial score (nSPS) is 16.5. The minimum Gasteiger partial charge on any atom is -0.355 e. The second-order valence-corrected chi connectivity index (χ2v) is 6.47. The van der Waals surface area contributed by atoms with Gasteiger partial charge in [0.25, 0.3) is 0 Å². The number of imidazole rings is 1. The van der Waals surface area contributed by atoms with Crippen molar-refractivity contribution < 1.29 is 9.59 Å². The number of hydrogen-bond donors (Lipinski definition) is 2. The fourth-order valence-electron chi connectivity index (χ4n) is 3.23. The lowest BCUT2D eigenvalue weighted by Crippen LogP contribution is -2.50. The van der Waals surface area contributed by atoms with E-state index in [2.05, 4.69) is 15.6 Å². The van der Waals surface area contributed by atoms with Crippen LogP contribution in [-0.2, 0) is 23.1 Å². The van der Waals surface area contributed by atoms with Gasteiger partial charge in [0.05, 0.1) is 6.42 Å². The zero-order chi connectivity index (χ0) is 18.4. The molecular formula is C19H26ClN5O2. The van der Waals surface area contributed by atoms with Crippen LogP contribution in [0.5, 0.6) is 0 Å². The standard InChI is InChI=1S/C19H25N5O2.ClH/c1-23-11-10-22-19(23)16-14-20-9-12-24(16)18(26)7-8-21-17(25)13-15-5-3-2-4-6-15;/h2-6,10-11,16,20H,7-9,12-14H2,1H3,(H,21,25);1H. The summed E-state index contributed by atoms with van der Waals surface area (Å²) in [5.41, 5.74) is 0.966. The zero-order valence-corrected chi connectivity index (χ0v) is 16.2. The molecule has 1 saturated heterocycles. The molecule has 2 heterocycles. The number of hydrogen-bond acceptors (Lipinski definition) is 4. The Labute approximate surface area is 165 Å². The highest BCUT2D eigenvalue weighted by Crippen LogP contribution is 2.21. The molecular weight excluding hydrogens is 366 g/mol. The van der Waals surface area contributed by atoms with Gasteiger partial charge in [0.2, 0.25) is 11.8 Å². The number of nitrogens with zero attached hydrogens (tertiary/aromatic N) is 3. The van der Waals surface area contributed by atoms with Crippen molar-refractivity contribution in [3.8, 4) is 0 Å². The van der Waals surface area contributed by atoms with Crippen molar-refractivity contribution in [1.29, 1.82) is 0 Å². The molecule has 1 aliphatic heterocycles. The summed E-state index contributed by atoms with van der Waals surface area (Å²) in [6.45, 7) is 2.46. The number of aryl methyl sites for hydroxylation is 1. The van der Waals surface area contributed by atoms with Crippen molar-refractivity contribution in [2.75, 3.05) is 26.2 Å². The number of amides is 2. The molecule has 0 aliphatic carbocycles. The van der Waals surface area contributed by atoms with Gasteiger partial charge in [-0.2, -0.15) is 0 Å². The first kappa shape index (κ1) is 20.9. The molecule has 8 heteroatoms. The monoisotopic (exact) mass is 391 g/mol. The predicted molar refractivity (Wildman–Crippen MR) is 106 cm³/mol. The molecule has 1 aliphatic rings. The number of aromatic nitrogens is 2. The third-order valence-corrected chi connectivity index (χ3v) is 4.59.